The third kappa shape index (κ3) is 4.06. The van der Waals surface area contributed by atoms with Crippen molar-refractivity contribution >= 4 is 39.3 Å². The first kappa shape index (κ1) is 15.1. The van der Waals surface area contributed by atoms with Crippen LogP contribution in [-0.2, 0) is 0 Å². The normalized spacial score (nSPS) is 10.0. The van der Waals surface area contributed by atoms with Gasteiger partial charge in [0.1, 0.15) is 0 Å². The molecular formula is C15H13BrN2O3. The first-order valence-corrected chi connectivity index (χ1v) is 6.92. The van der Waals surface area contributed by atoms with E-state index in [1.807, 2.05) is 6.07 Å². The highest BCUT2D eigenvalue weighted by Gasteiger charge is 2.09. The van der Waals surface area contributed by atoms with Gasteiger partial charge in [-0.25, -0.2) is 9.59 Å². The Bertz CT molecular complexity index is 701. The highest BCUT2D eigenvalue weighted by molar-refractivity contribution is 9.10. The Labute approximate surface area is 130 Å². The molecule has 0 saturated carbocycles. The average Bonchev–Trinajstić information content (AvgIpc) is 2.41. The molecule has 6 heteroatoms. The van der Waals surface area contributed by atoms with Crippen molar-refractivity contribution in [3.05, 3.63) is 58.1 Å². The summed E-state index contributed by atoms with van der Waals surface area (Å²) in [6.07, 6.45) is 0. The van der Waals surface area contributed by atoms with Crippen molar-refractivity contribution in [1.82, 2.24) is 0 Å². The number of carbonyl (C=O) groups is 2. The summed E-state index contributed by atoms with van der Waals surface area (Å²) in [6, 6.07) is 11.3. The predicted molar refractivity (Wildman–Crippen MR) is 84.9 cm³/mol. The van der Waals surface area contributed by atoms with E-state index in [-0.39, 0.29) is 5.56 Å². The minimum atomic E-state index is -1.04. The van der Waals surface area contributed by atoms with Gasteiger partial charge in [-0.1, -0.05) is 28.1 Å². The molecule has 0 unspecified atom stereocenters. The number of carboxylic acids is 1. The van der Waals surface area contributed by atoms with Crippen LogP contribution >= 0.6 is 15.9 Å². The fourth-order valence-electron chi connectivity index (χ4n) is 1.74. The van der Waals surface area contributed by atoms with Crippen molar-refractivity contribution in [3.8, 4) is 0 Å². The molecule has 0 aromatic heterocycles. The third-order valence-corrected chi connectivity index (χ3v) is 3.31. The molecule has 21 heavy (non-hydrogen) atoms. The topological polar surface area (TPSA) is 78.4 Å². The Hall–Kier alpha value is -2.34. The van der Waals surface area contributed by atoms with Gasteiger partial charge in [-0.2, -0.15) is 0 Å². The predicted octanol–water partition coefficient (Wildman–Crippen LogP) is 4.10. The van der Waals surface area contributed by atoms with Crippen molar-refractivity contribution in [1.29, 1.82) is 0 Å². The minimum absolute atomic E-state index is 0.123. The maximum absolute atomic E-state index is 11.9. The first-order chi connectivity index (χ1) is 9.95. The summed E-state index contributed by atoms with van der Waals surface area (Å²) in [5, 5.41) is 14.3. The van der Waals surface area contributed by atoms with E-state index in [1.54, 1.807) is 31.2 Å². The van der Waals surface area contributed by atoms with Crippen LogP contribution in [0.5, 0.6) is 0 Å². The summed E-state index contributed by atoms with van der Waals surface area (Å²) in [7, 11) is 0. The fraction of sp³-hybridized carbons (Fsp3) is 0.0667. The van der Waals surface area contributed by atoms with Crippen molar-refractivity contribution < 1.29 is 14.7 Å². The summed E-state index contributed by atoms with van der Waals surface area (Å²) in [4.78, 5) is 22.9. The second kappa shape index (κ2) is 6.41. The molecule has 0 aliphatic heterocycles. The molecule has 0 aliphatic rings. The summed E-state index contributed by atoms with van der Waals surface area (Å²) >= 11 is 3.32. The van der Waals surface area contributed by atoms with Gasteiger partial charge in [0.25, 0.3) is 0 Å². The van der Waals surface area contributed by atoms with E-state index in [4.69, 9.17) is 5.11 Å². The zero-order valence-electron chi connectivity index (χ0n) is 11.2. The lowest BCUT2D eigenvalue weighted by atomic mass is 10.1. The number of aryl methyl sites for hydroxylation is 1. The molecule has 0 heterocycles. The molecule has 2 aromatic carbocycles. The zero-order valence-corrected chi connectivity index (χ0v) is 12.8. The molecule has 108 valence electrons. The van der Waals surface area contributed by atoms with E-state index >= 15 is 0 Å². The molecule has 0 aliphatic carbocycles. The van der Waals surface area contributed by atoms with E-state index < -0.39 is 12.0 Å². The van der Waals surface area contributed by atoms with Gasteiger partial charge in [-0.3, -0.25) is 0 Å². The molecule has 0 saturated heterocycles. The van der Waals surface area contributed by atoms with E-state index in [0.717, 1.165) is 10.0 Å². The minimum Gasteiger partial charge on any atom is -0.478 e. The van der Waals surface area contributed by atoms with E-state index in [9.17, 15) is 9.59 Å². The number of nitrogens with one attached hydrogen (secondary N) is 2. The van der Waals surface area contributed by atoms with Crippen LogP contribution < -0.4 is 10.6 Å². The van der Waals surface area contributed by atoms with Crippen LogP contribution in [0, 0.1) is 6.92 Å². The molecule has 2 amide bonds. The van der Waals surface area contributed by atoms with Crippen LogP contribution in [0.15, 0.2) is 46.9 Å². The maximum Gasteiger partial charge on any atom is 0.335 e. The number of halogens is 1. The number of carboxylic acid groups (broad SMARTS) is 1. The lowest BCUT2D eigenvalue weighted by Gasteiger charge is -2.11. The van der Waals surface area contributed by atoms with Crippen LogP contribution in [0.3, 0.4) is 0 Å². The van der Waals surface area contributed by atoms with Crippen LogP contribution in [0.2, 0.25) is 0 Å². The second-order valence-electron chi connectivity index (χ2n) is 4.42. The van der Waals surface area contributed by atoms with Gasteiger partial charge in [0.2, 0.25) is 0 Å². The number of rotatable bonds is 3. The first-order valence-electron chi connectivity index (χ1n) is 6.13. The Kier molecular flexibility index (Phi) is 4.59. The largest absolute Gasteiger partial charge is 0.478 e. The quantitative estimate of drug-likeness (QED) is 0.781. The van der Waals surface area contributed by atoms with Crippen LogP contribution in [0.25, 0.3) is 0 Å². The standard InChI is InChI=1S/C15H13BrN2O3/c1-9-5-6-10(14(19)20)7-13(9)18-15(21)17-12-4-2-3-11(16)8-12/h2-8H,1H3,(H,19,20)(H2,17,18,21). The fourth-order valence-corrected chi connectivity index (χ4v) is 2.14. The monoisotopic (exact) mass is 348 g/mol. The molecule has 0 fully saturated rings. The van der Waals surface area contributed by atoms with Crippen LogP contribution in [-0.4, -0.2) is 17.1 Å². The molecule has 0 spiro atoms. The van der Waals surface area contributed by atoms with Crippen molar-refractivity contribution in [2.24, 2.45) is 0 Å². The Morgan fingerprint density at radius 2 is 1.86 bits per heavy atom. The molecule has 5 nitrogen and oxygen atoms in total. The number of anilines is 2. The van der Waals surface area contributed by atoms with Crippen molar-refractivity contribution in [2.75, 3.05) is 10.6 Å². The molecular weight excluding hydrogens is 336 g/mol. The molecule has 2 rings (SSSR count). The van der Waals surface area contributed by atoms with E-state index in [2.05, 4.69) is 26.6 Å². The van der Waals surface area contributed by atoms with Crippen molar-refractivity contribution in [2.45, 2.75) is 6.92 Å². The molecule has 3 N–H and O–H groups in total. The summed E-state index contributed by atoms with van der Waals surface area (Å²) < 4.78 is 0.851. The molecule has 2 aromatic rings. The lowest BCUT2D eigenvalue weighted by molar-refractivity contribution is 0.0697. The third-order valence-electron chi connectivity index (χ3n) is 2.82. The Balaban J connectivity index is 2.12. The van der Waals surface area contributed by atoms with E-state index in [1.165, 1.54) is 12.1 Å². The van der Waals surface area contributed by atoms with Gasteiger partial charge in [0.05, 0.1) is 5.56 Å². The van der Waals surface area contributed by atoms with Gasteiger partial charge in [0, 0.05) is 15.8 Å². The summed E-state index contributed by atoms with van der Waals surface area (Å²) in [6.45, 7) is 1.79. The number of benzene rings is 2. The molecule has 0 atom stereocenters. The van der Waals surface area contributed by atoms with Crippen LogP contribution in [0.4, 0.5) is 16.2 Å². The SMILES string of the molecule is Cc1ccc(C(=O)O)cc1NC(=O)Nc1cccc(Br)c1. The number of amides is 2. The van der Waals surface area contributed by atoms with Crippen molar-refractivity contribution in [3.63, 3.8) is 0 Å². The smallest absolute Gasteiger partial charge is 0.335 e. The van der Waals surface area contributed by atoms with Crippen LogP contribution in [0.1, 0.15) is 15.9 Å². The van der Waals surface area contributed by atoms with Gasteiger partial charge in [-0.15, -0.1) is 0 Å². The number of carbonyl (C=O) groups excluding carboxylic acids is 1. The average molecular weight is 349 g/mol. The summed E-state index contributed by atoms with van der Waals surface area (Å²) in [5.41, 5.74) is 2.00. The van der Waals surface area contributed by atoms with Gasteiger partial charge in [-0.05, 0) is 42.8 Å². The number of hydrogen-bond acceptors (Lipinski definition) is 2. The molecule has 0 bridgehead atoms. The lowest BCUT2D eigenvalue weighted by Crippen LogP contribution is -2.20. The number of urea groups is 1. The second-order valence-corrected chi connectivity index (χ2v) is 5.34. The zero-order chi connectivity index (χ0) is 15.4. The van der Waals surface area contributed by atoms with Gasteiger partial charge in [0.15, 0.2) is 0 Å². The highest BCUT2D eigenvalue weighted by Crippen LogP contribution is 2.19. The maximum atomic E-state index is 11.9. The van der Waals surface area contributed by atoms with E-state index in [0.29, 0.717) is 11.4 Å². The molecule has 0 radical (unpaired) electrons. The van der Waals surface area contributed by atoms with Gasteiger partial charge < -0.3 is 15.7 Å². The highest BCUT2D eigenvalue weighted by atomic mass is 79.9. The summed E-state index contributed by atoms with van der Waals surface area (Å²) in [5.74, 6) is -1.04. The van der Waals surface area contributed by atoms with Gasteiger partial charge >= 0.3 is 12.0 Å². The number of aromatic carboxylic acids is 1. The Morgan fingerprint density at radius 1 is 1.10 bits per heavy atom. The number of hydrogen-bond donors (Lipinski definition) is 3. The Morgan fingerprint density at radius 3 is 2.52 bits per heavy atom.